The predicted molar refractivity (Wildman–Crippen MR) is 83.1 cm³/mol. The number of aromatic nitrogens is 3. The molecule has 3 aromatic rings. The van der Waals surface area contributed by atoms with Gasteiger partial charge in [-0.1, -0.05) is 23.7 Å². The maximum atomic E-state index is 5.97. The van der Waals surface area contributed by atoms with E-state index in [1.165, 1.54) is 0 Å². The molecule has 0 aliphatic carbocycles. The highest BCUT2D eigenvalue weighted by molar-refractivity contribution is 6.30. The van der Waals surface area contributed by atoms with Crippen LogP contribution in [0.4, 0.5) is 0 Å². The first-order valence-electron chi connectivity index (χ1n) is 6.67. The van der Waals surface area contributed by atoms with Gasteiger partial charge in [-0.25, -0.2) is 9.67 Å². The summed E-state index contributed by atoms with van der Waals surface area (Å²) in [5, 5.41) is 6.29. The van der Waals surface area contributed by atoms with E-state index in [4.69, 9.17) is 11.6 Å². The number of rotatable bonds is 2. The molecule has 0 radical (unpaired) electrons. The number of benzene rings is 1. The Morgan fingerprint density at radius 3 is 2.50 bits per heavy atom. The van der Waals surface area contributed by atoms with Crippen molar-refractivity contribution < 1.29 is 0 Å². The van der Waals surface area contributed by atoms with Gasteiger partial charge in [0.05, 0.1) is 6.20 Å². The van der Waals surface area contributed by atoms with Gasteiger partial charge in [0.2, 0.25) is 0 Å². The molecule has 3 nitrogen and oxygen atoms in total. The fraction of sp³-hybridized carbons (Fsp3) is 0.250. The molecule has 4 heteroatoms. The average molecular weight is 286 g/mol. The monoisotopic (exact) mass is 285 g/mol. The van der Waals surface area contributed by atoms with E-state index in [2.05, 4.69) is 30.0 Å². The van der Waals surface area contributed by atoms with E-state index in [-0.39, 0.29) is 0 Å². The zero-order chi connectivity index (χ0) is 14.3. The topological polar surface area (TPSA) is 30.7 Å². The van der Waals surface area contributed by atoms with Crippen LogP contribution in [0, 0.1) is 6.92 Å². The van der Waals surface area contributed by atoms with Gasteiger partial charge in [0.15, 0.2) is 5.65 Å². The zero-order valence-corrected chi connectivity index (χ0v) is 12.5. The Bertz CT molecular complexity index is 757. The third-order valence-corrected chi connectivity index (χ3v) is 3.59. The van der Waals surface area contributed by atoms with Gasteiger partial charge in [-0.3, -0.25) is 0 Å². The van der Waals surface area contributed by atoms with Crippen molar-refractivity contribution in [3.8, 4) is 11.1 Å². The van der Waals surface area contributed by atoms with Gasteiger partial charge in [-0.05, 0) is 50.1 Å². The average Bonchev–Trinajstić information content (AvgIpc) is 2.82. The molecule has 0 atom stereocenters. The van der Waals surface area contributed by atoms with Crippen molar-refractivity contribution >= 4 is 22.6 Å². The number of aryl methyl sites for hydroxylation is 1. The molecule has 3 rings (SSSR count). The normalized spacial score (nSPS) is 11.4. The first-order chi connectivity index (χ1) is 9.56. The van der Waals surface area contributed by atoms with Crippen molar-refractivity contribution in [1.82, 2.24) is 14.8 Å². The first kappa shape index (κ1) is 13.1. The fourth-order valence-electron chi connectivity index (χ4n) is 2.39. The molecule has 20 heavy (non-hydrogen) atoms. The highest BCUT2D eigenvalue weighted by Crippen LogP contribution is 2.30. The molecule has 1 aromatic carbocycles. The van der Waals surface area contributed by atoms with Crippen LogP contribution in [0.15, 0.2) is 36.5 Å². The van der Waals surface area contributed by atoms with Crippen LogP contribution in [0.3, 0.4) is 0 Å². The molecule has 0 unspecified atom stereocenters. The molecule has 0 saturated heterocycles. The number of nitrogens with zero attached hydrogens (tertiary/aromatic N) is 3. The van der Waals surface area contributed by atoms with Gasteiger partial charge in [0.25, 0.3) is 0 Å². The lowest BCUT2D eigenvalue weighted by molar-refractivity contribution is 0.546. The Balaban J connectivity index is 2.28. The summed E-state index contributed by atoms with van der Waals surface area (Å²) in [6, 6.07) is 10.3. The van der Waals surface area contributed by atoms with Crippen LogP contribution in [0.5, 0.6) is 0 Å². The summed E-state index contributed by atoms with van der Waals surface area (Å²) in [4.78, 5) is 4.63. The Labute approximate surface area is 123 Å². The van der Waals surface area contributed by atoms with Crippen LogP contribution < -0.4 is 0 Å². The number of hydrogen-bond acceptors (Lipinski definition) is 2. The Morgan fingerprint density at radius 2 is 1.85 bits per heavy atom. The minimum absolute atomic E-state index is 0.292. The molecule has 0 bridgehead atoms. The van der Waals surface area contributed by atoms with Crippen molar-refractivity contribution in [1.29, 1.82) is 0 Å². The second-order valence-electron chi connectivity index (χ2n) is 5.24. The predicted octanol–water partition coefficient (Wildman–Crippen LogP) is 4.64. The summed E-state index contributed by atoms with van der Waals surface area (Å²) in [7, 11) is 0. The zero-order valence-electron chi connectivity index (χ0n) is 11.8. The van der Waals surface area contributed by atoms with E-state index in [1.54, 1.807) is 0 Å². The van der Waals surface area contributed by atoms with Crippen LogP contribution in [-0.4, -0.2) is 14.8 Å². The van der Waals surface area contributed by atoms with Gasteiger partial charge in [0.1, 0.15) is 0 Å². The van der Waals surface area contributed by atoms with Crippen LogP contribution in [-0.2, 0) is 0 Å². The van der Waals surface area contributed by atoms with E-state index in [9.17, 15) is 0 Å². The molecule has 0 aliphatic heterocycles. The van der Waals surface area contributed by atoms with Gasteiger partial charge >= 0.3 is 0 Å². The summed E-state index contributed by atoms with van der Waals surface area (Å²) < 4.78 is 1.96. The molecule has 0 aliphatic rings. The Morgan fingerprint density at radius 1 is 1.15 bits per heavy atom. The number of pyridine rings is 1. The van der Waals surface area contributed by atoms with Crippen LogP contribution in [0.1, 0.15) is 25.6 Å². The molecule has 102 valence electrons. The van der Waals surface area contributed by atoms with Crippen molar-refractivity contribution in [2.45, 2.75) is 26.8 Å². The standard InChI is InChI=1S/C16H16ClN3/c1-10(2)20-16-15(9-18-20)14(8-11(3)19-16)12-4-6-13(17)7-5-12/h4-10H,1-3H3. The molecule has 0 fully saturated rings. The van der Waals surface area contributed by atoms with Gasteiger partial charge in [-0.2, -0.15) is 5.10 Å². The number of halogens is 1. The molecular formula is C16H16ClN3. The van der Waals surface area contributed by atoms with E-state index in [0.29, 0.717) is 6.04 Å². The van der Waals surface area contributed by atoms with E-state index >= 15 is 0 Å². The van der Waals surface area contributed by atoms with Crippen LogP contribution >= 0.6 is 11.6 Å². The molecule has 0 amide bonds. The highest BCUT2D eigenvalue weighted by Gasteiger charge is 2.13. The van der Waals surface area contributed by atoms with Crippen molar-refractivity contribution in [3.05, 3.63) is 47.2 Å². The van der Waals surface area contributed by atoms with Crippen LogP contribution in [0.25, 0.3) is 22.2 Å². The SMILES string of the molecule is Cc1cc(-c2ccc(Cl)cc2)c2cnn(C(C)C)c2n1. The smallest absolute Gasteiger partial charge is 0.158 e. The molecule has 0 N–H and O–H groups in total. The summed E-state index contributed by atoms with van der Waals surface area (Å²) >= 11 is 5.97. The first-order valence-corrected chi connectivity index (χ1v) is 7.05. The van der Waals surface area contributed by atoms with Gasteiger partial charge < -0.3 is 0 Å². The van der Waals surface area contributed by atoms with E-state index < -0.39 is 0 Å². The Hall–Kier alpha value is -1.87. The van der Waals surface area contributed by atoms with Crippen LogP contribution in [0.2, 0.25) is 5.02 Å². The summed E-state index contributed by atoms with van der Waals surface area (Å²) in [5.41, 5.74) is 4.21. The third kappa shape index (κ3) is 2.18. The maximum Gasteiger partial charge on any atom is 0.158 e. The van der Waals surface area contributed by atoms with Crippen molar-refractivity contribution in [3.63, 3.8) is 0 Å². The van der Waals surface area contributed by atoms with E-state index in [0.717, 1.165) is 32.9 Å². The second kappa shape index (κ2) is 4.91. The van der Waals surface area contributed by atoms with Gasteiger partial charge in [0, 0.05) is 22.1 Å². The summed E-state index contributed by atoms with van der Waals surface area (Å²) in [5.74, 6) is 0. The maximum absolute atomic E-state index is 5.97. The van der Waals surface area contributed by atoms with Crippen molar-refractivity contribution in [2.24, 2.45) is 0 Å². The largest absolute Gasteiger partial charge is 0.245 e. The minimum atomic E-state index is 0.292. The summed E-state index contributed by atoms with van der Waals surface area (Å²) in [6.45, 7) is 6.23. The summed E-state index contributed by atoms with van der Waals surface area (Å²) in [6.07, 6.45) is 1.89. The van der Waals surface area contributed by atoms with Crippen molar-refractivity contribution in [2.75, 3.05) is 0 Å². The quantitative estimate of drug-likeness (QED) is 0.687. The second-order valence-corrected chi connectivity index (χ2v) is 5.67. The van der Waals surface area contributed by atoms with E-state index in [1.807, 2.05) is 42.1 Å². The highest BCUT2D eigenvalue weighted by atomic mass is 35.5. The lowest BCUT2D eigenvalue weighted by Crippen LogP contribution is -2.03. The number of fused-ring (bicyclic) bond motifs is 1. The fourth-order valence-corrected chi connectivity index (χ4v) is 2.52. The van der Waals surface area contributed by atoms with Gasteiger partial charge in [-0.15, -0.1) is 0 Å². The molecule has 0 saturated carbocycles. The molecular weight excluding hydrogens is 270 g/mol. The third-order valence-electron chi connectivity index (χ3n) is 3.34. The minimum Gasteiger partial charge on any atom is -0.245 e. The number of hydrogen-bond donors (Lipinski definition) is 0. The molecule has 0 spiro atoms. The molecule has 2 aromatic heterocycles. The molecule has 2 heterocycles. The Kier molecular flexibility index (Phi) is 3.22. The lowest BCUT2D eigenvalue weighted by Gasteiger charge is -2.09. The lowest BCUT2D eigenvalue weighted by atomic mass is 10.0.